The maximum atomic E-state index is 5.60. The van der Waals surface area contributed by atoms with E-state index in [1.54, 1.807) is 0 Å². The van der Waals surface area contributed by atoms with E-state index in [0.717, 1.165) is 19.3 Å². The number of alkyl halides is 1. The number of halogens is 1. The van der Waals surface area contributed by atoms with E-state index in [9.17, 15) is 0 Å². The SMILES string of the molecule is CCCCC(CCC)Nc1nnc(CCl)o1. The molecule has 0 bridgehead atoms. The quantitative estimate of drug-likeness (QED) is 0.712. The van der Waals surface area contributed by atoms with Crippen LogP contribution in [0.3, 0.4) is 0 Å². The molecule has 1 aromatic rings. The van der Waals surface area contributed by atoms with Gasteiger partial charge in [0.15, 0.2) is 0 Å². The molecule has 0 spiro atoms. The van der Waals surface area contributed by atoms with Gasteiger partial charge in [0.2, 0.25) is 5.89 Å². The minimum atomic E-state index is 0.266. The zero-order valence-electron chi connectivity index (χ0n) is 10.0. The van der Waals surface area contributed by atoms with Crippen LogP contribution < -0.4 is 5.32 Å². The highest BCUT2D eigenvalue weighted by Gasteiger charge is 2.11. The van der Waals surface area contributed by atoms with Crippen LogP contribution in [0.5, 0.6) is 0 Å². The minimum Gasteiger partial charge on any atom is -0.407 e. The molecule has 16 heavy (non-hydrogen) atoms. The van der Waals surface area contributed by atoms with Crippen LogP contribution >= 0.6 is 11.6 Å². The van der Waals surface area contributed by atoms with Crippen LogP contribution in [0.4, 0.5) is 6.01 Å². The van der Waals surface area contributed by atoms with Gasteiger partial charge in [0.05, 0.1) is 0 Å². The highest BCUT2D eigenvalue weighted by Crippen LogP contribution is 2.14. The molecule has 0 radical (unpaired) electrons. The summed E-state index contributed by atoms with van der Waals surface area (Å²) >= 11 is 5.60. The van der Waals surface area contributed by atoms with Crippen LogP contribution in [0.25, 0.3) is 0 Å². The fourth-order valence-corrected chi connectivity index (χ4v) is 1.74. The smallest absolute Gasteiger partial charge is 0.315 e. The molecule has 0 aliphatic carbocycles. The van der Waals surface area contributed by atoms with E-state index in [1.165, 1.54) is 12.8 Å². The van der Waals surface area contributed by atoms with Gasteiger partial charge in [-0.1, -0.05) is 38.2 Å². The van der Waals surface area contributed by atoms with Crippen LogP contribution in [0, 0.1) is 0 Å². The molecule has 1 heterocycles. The summed E-state index contributed by atoms with van der Waals surface area (Å²) in [6, 6.07) is 0.916. The zero-order valence-corrected chi connectivity index (χ0v) is 10.8. The van der Waals surface area contributed by atoms with Gasteiger partial charge in [-0.25, -0.2) is 0 Å². The van der Waals surface area contributed by atoms with Gasteiger partial charge in [-0.2, -0.15) is 0 Å². The molecule has 5 heteroatoms. The molecule has 4 nitrogen and oxygen atoms in total. The number of nitrogens with zero attached hydrogens (tertiary/aromatic N) is 2. The number of rotatable bonds is 8. The van der Waals surface area contributed by atoms with Crippen molar-refractivity contribution in [2.24, 2.45) is 0 Å². The Morgan fingerprint density at radius 2 is 2.06 bits per heavy atom. The molecule has 1 unspecified atom stereocenters. The van der Waals surface area contributed by atoms with E-state index in [2.05, 4.69) is 29.4 Å². The summed E-state index contributed by atoms with van der Waals surface area (Å²) < 4.78 is 5.32. The highest BCUT2D eigenvalue weighted by molar-refractivity contribution is 6.16. The van der Waals surface area contributed by atoms with Gasteiger partial charge in [0, 0.05) is 6.04 Å². The predicted octanol–water partition coefficient (Wildman–Crippen LogP) is 3.58. The van der Waals surface area contributed by atoms with Crippen LogP contribution in [0.2, 0.25) is 0 Å². The number of hydrogen-bond acceptors (Lipinski definition) is 4. The van der Waals surface area contributed by atoms with E-state index in [4.69, 9.17) is 16.0 Å². The van der Waals surface area contributed by atoms with Crippen molar-refractivity contribution >= 4 is 17.6 Å². The Morgan fingerprint density at radius 1 is 1.25 bits per heavy atom. The van der Waals surface area contributed by atoms with Crippen molar-refractivity contribution < 1.29 is 4.42 Å². The molecule has 0 saturated carbocycles. The second-order valence-electron chi connectivity index (χ2n) is 3.91. The monoisotopic (exact) mass is 245 g/mol. The van der Waals surface area contributed by atoms with Gasteiger partial charge in [0.25, 0.3) is 0 Å². The first-order valence-electron chi connectivity index (χ1n) is 5.95. The molecule has 1 rings (SSSR count). The Labute approximate surface area is 102 Å². The summed E-state index contributed by atoms with van der Waals surface area (Å²) in [6.45, 7) is 4.37. The van der Waals surface area contributed by atoms with Gasteiger partial charge in [-0.15, -0.1) is 16.7 Å². The predicted molar refractivity (Wildman–Crippen MR) is 65.7 cm³/mol. The average Bonchev–Trinajstić information content (AvgIpc) is 2.74. The number of aromatic nitrogens is 2. The van der Waals surface area contributed by atoms with Gasteiger partial charge in [-0.05, 0) is 12.8 Å². The second-order valence-corrected chi connectivity index (χ2v) is 4.17. The lowest BCUT2D eigenvalue weighted by Crippen LogP contribution is -2.19. The Balaban J connectivity index is 2.46. The molecule has 0 aromatic carbocycles. The molecular formula is C11H20ClN3O. The third-order valence-electron chi connectivity index (χ3n) is 2.45. The van der Waals surface area contributed by atoms with Gasteiger partial charge in [0.1, 0.15) is 5.88 Å². The molecule has 0 saturated heterocycles. The maximum absolute atomic E-state index is 5.60. The van der Waals surface area contributed by atoms with Crippen molar-refractivity contribution in [2.75, 3.05) is 5.32 Å². The van der Waals surface area contributed by atoms with E-state index in [-0.39, 0.29) is 5.88 Å². The molecule has 1 atom stereocenters. The topological polar surface area (TPSA) is 51.0 Å². The van der Waals surface area contributed by atoms with Crippen LogP contribution in [-0.4, -0.2) is 16.2 Å². The molecule has 0 aliphatic heterocycles. The Hall–Kier alpha value is -0.770. The van der Waals surface area contributed by atoms with Crippen molar-refractivity contribution in [3.8, 4) is 0 Å². The normalized spacial score (nSPS) is 12.7. The molecule has 0 fully saturated rings. The van der Waals surface area contributed by atoms with Crippen LogP contribution in [0.15, 0.2) is 4.42 Å². The Kier molecular flexibility index (Phi) is 6.23. The summed E-state index contributed by atoms with van der Waals surface area (Å²) in [6.07, 6.45) is 5.84. The van der Waals surface area contributed by atoms with Crippen molar-refractivity contribution in [1.82, 2.24) is 10.2 Å². The third kappa shape index (κ3) is 4.39. The number of unbranched alkanes of at least 4 members (excludes halogenated alkanes) is 1. The zero-order chi connectivity index (χ0) is 11.8. The summed E-state index contributed by atoms with van der Waals surface area (Å²) in [5.74, 6) is 0.733. The van der Waals surface area contributed by atoms with Crippen molar-refractivity contribution in [3.63, 3.8) is 0 Å². The van der Waals surface area contributed by atoms with E-state index in [1.807, 2.05) is 0 Å². The van der Waals surface area contributed by atoms with Crippen LogP contribution in [-0.2, 0) is 5.88 Å². The summed E-state index contributed by atoms with van der Waals surface area (Å²) in [7, 11) is 0. The first-order chi connectivity index (χ1) is 7.80. The lowest BCUT2D eigenvalue weighted by molar-refractivity contribution is 0.497. The van der Waals surface area contributed by atoms with Gasteiger partial charge in [-0.3, -0.25) is 0 Å². The van der Waals surface area contributed by atoms with E-state index < -0.39 is 0 Å². The number of nitrogens with one attached hydrogen (secondary N) is 1. The Bertz CT molecular complexity index is 291. The fourth-order valence-electron chi connectivity index (χ4n) is 1.63. The van der Waals surface area contributed by atoms with E-state index in [0.29, 0.717) is 17.9 Å². The largest absolute Gasteiger partial charge is 0.407 e. The highest BCUT2D eigenvalue weighted by atomic mass is 35.5. The molecule has 1 N–H and O–H groups in total. The number of hydrogen-bond donors (Lipinski definition) is 1. The third-order valence-corrected chi connectivity index (χ3v) is 2.68. The molecule has 92 valence electrons. The van der Waals surface area contributed by atoms with E-state index >= 15 is 0 Å². The van der Waals surface area contributed by atoms with Crippen LogP contribution in [0.1, 0.15) is 51.8 Å². The standard InChI is InChI=1S/C11H20ClN3O/c1-3-5-7-9(6-4-2)13-11-15-14-10(8-12)16-11/h9H,3-8H2,1-2H3,(H,13,15). The fraction of sp³-hybridized carbons (Fsp3) is 0.818. The molecule has 0 amide bonds. The lowest BCUT2D eigenvalue weighted by atomic mass is 10.1. The molecule has 0 aliphatic rings. The number of anilines is 1. The average molecular weight is 246 g/mol. The summed E-state index contributed by atoms with van der Waals surface area (Å²) in [4.78, 5) is 0. The molecular weight excluding hydrogens is 226 g/mol. The maximum Gasteiger partial charge on any atom is 0.315 e. The van der Waals surface area contributed by atoms with Crippen molar-refractivity contribution in [3.05, 3.63) is 5.89 Å². The van der Waals surface area contributed by atoms with Gasteiger partial charge < -0.3 is 9.73 Å². The minimum absolute atomic E-state index is 0.266. The van der Waals surface area contributed by atoms with Gasteiger partial charge >= 0.3 is 6.01 Å². The molecule has 1 aromatic heterocycles. The van der Waals surface area contributed by atoms with Crippen molar-refractivity contribution in [2.45, 2.75) is 57.9 Å². The summed E-state index contributed by atoms with van der Waals surface area (Å²) in [5.41, 5.74) is 0. The first-order valence-corrected chi connectivity index (χ1v) is 6.48. The lowest BCUT2D eigenvalue weighted by Gasteiger charge is -2.15. The Morgan fingerprint density at radius 3 is 2.62 bits per heavy atom. The summed E-state index contributed by atoms with van der Waals surface area (Å²) in [5, 5.41) is 11.0. The van der Waals surface area contributed by atoms with Crippen molar-refractivity contribution in [1.29, 1.82) is 0 Å². The first kappa shape index (κ1) is 13.3. The second kappa shape index (κ2) is 7.49.